The predicted octanol–water partition coefficient (Wildman–Crippen LogP) is -2.22. The second kappa shape index (κ2) is 9.35. The summed E-state index contributed by atoms with van der Waals surface area (Å²) < 4.78 is 34.1. The molecule has 0 N–H and O–H groups in total. The van der Waals surface area contributed by atoms with Crippen LogP contribution in [0.5, 0.6) is 0 Å². The standard InChI is InChI=1S/2Ca.H2O4S.O/c;;1-5(2,3)4;/h;;(H2,1,2,3,4);/q2*+2;;-2/p-2. The van der Waals surface area contributed by atoms with E-state index in [0.717, 1.165) is 0 Å². The normalized spacial score (nSPS) is 7.25. The average molecular weight is 192 g/mol. The second-order valence-corrected chi connectivity index (χ2v) is 1.22. The third-order valence-electron chi connectivity index (χ3n) is 0. The van der Waals surface area contributed by atoms with Gasteiger partial charge in [-0.3, -0.25) is 8.42 Å². The first-order valence-corrected chi connectivity index (χ1v) is 2.00. The minimum Gasteiger partial charge on any atom is -2.00 e. The van der Waals surface area contributed by atoms with Crippen molar-refractivity contribution >= 4 is 85.9 Å². The molecule has 0 atom stereocenters. The molecule has 0 saturated heterocycles. The molecule has 8 heteroatoms. The van der Waals surface area contributed by atoms with Crippen molar-refractivity contribution in [2.24, 2.45) is 0 Å². The zero-order valence-corrected chi connectivity index (χ0v) is 9.10. The Morgan fingerprint density at radius 1 is 1.00 bits per heavy atom. The number of hydrogen-bond acceptors (Lipinski definition) is 4. The zero-order chi connectivity index (χ0) is 4.50. The van der Waals surface area contributed by atoms with E-state index in [-0.39, 0.29) is 81.0 Å². The van der Waals surface area contributed by atoms with Gasteiger partial charge in [-0.2, -0.15) is 0 Å². The molecule has 0 amide bonds. The van der Waals surface area contributed by atoms with E-state index in [4.69, 9.17) is 17.5 Å². The van der Waals surface area contributed by atoms with E-state index in [1.807, 2.05) is 0 Å². The van der Waals surface area contributed by atoms with Gasteiger partial charge in [-0.25, -0.2) is 0 Å². The molecule has 0 aromatic rings. The summed E-state index contributed by atoms with van der Waals surface area (Å²) in [6, 6.07) is 0. The molecule has 0 radical (unpaired) electrons. The summed E-state index contributed by atoms with van der Waals surface area (Å²) in [6.45, 7) is 0. The molecule has 0 aliphatic heterocycles. The average Bonchev–Trinajstić information content (AvgIpc) is 0.722. The van der Waals surface area contributed by atoms with Gasteiger partial charge in [0.2, 0.25) is 0 Å². The molecule has 0 aromatic carbocycles. The molecule has 0 aliphatic carbocycles. The van der Waals surface area contributed by atoms with Crippen molar-refractivity contribution in [3.05, 3.63) is 0 Å². The minimum atomic E-state index is -5.17. The quantitative estimate of drug-likeness (QED) is 0.246. The predicted molar refractivity (Wildman–Crippen MR) is 22.7 cm³/mol. The molecule has 0 bridgehead atoms. The molecule has 0 saturated carbocycles. The minimum absolute atomic E-state index is 0. The maximum atomic E-state index is 8.52. The van der Waals surface area contributed by atoms with Crippen LogP contribution in [0.2, 0.25) is 0 Å². The van der Waals surface area contributed by atoms with E-state index in [2.05, 4.69) is 0 Å². The summed E-state index contributed by atoms with van der Waals surface area (Å²) in [6.07, 6.45) is 0. The van der Waals surface area contributed by atoms with Crippen molar-refractivity contribution in [2.45, 2.75) is 0 Å². The van der Waals surface area contributed by atoms with Crippen molar-refractivity contribution in [3.8, 4) is 0 Å². The Labute approximate surface area is 107 Å². The number of hydrogen-bond donors (Lipinski definition) is 0. The van der Waals surface area contributed by atoms with Gasteiger partial charge in [0, 0.05) is 10.4 Å². The van der Waals surface area contributed by atoms with Crippen molar-refractivity contribution in [2.75, 3.05) is 0 Å². The molecule has 40 valence electrons. The summed E-state index contributed by atoms with van der Waals surface area (Å²) in [5, 5.41) is 0. The van der Waals surface area contributed by atoms with Crippen molar-refractivity contribution in [3.63, 3.8) is 0 Å². The Bertz CT molecular complexity index is 93.6. The van der Waals surface area contributed by atoms with Crippen LogP contribution in [0.25, 0.3) is 0 Å². The Kier molecular flexibility index (Phi) is 26.2. The van der Waals surface area contributed by atoms with E-state index in [9.17, 15) is 0 Å². The van der Waals surface area contributed by atoms with Crippen LogP contribution in [0, 0.1) is 0 Å². The van der Waals surface area contributed by atoms with Gasteiger partial charge >= 0.3 is 75.5 Å². The fraction of sp³-hybridized carbons (Fsp3) is 0. The molecule has 0 heterocycles. The van der Waals surface area contributed by atoms with E-state index in [0.29, 0.717) is 0 Å². The first-order valence-electron chi connectivity index (χ1n) is 0.667. The van der Waals surface area contributed by atoms with Gasteiger partial charge < -0.3 is 14.6 Å². The molecule has 0 unspecified atom stereocenters. The molecule has 0 rings (SSSR count). The fourth-order valence-corrected chi connectivity index (χ4v) is 0. The van der Waals surface area contributed by atoms with Gasteiger partial charge in [-0.05, 0) is 0 Å². The molecule has 0 spiro atoms. The number of rotatable bonds is 0. The first kappa shape index (κ1) is 22.4. The molecule has 5 nitrogen and oxygen atoms in total. The summed E-state index contributed by atoms with van der Waals surface area (Å²) in [7, 11) is -5.17. The van der Waals surface area contributed by atoms with Crippen LogP contribution in [-0.4, -0.2) is 93.0 Å². The van der Waals surface area contributed by atoms with E-state index in [1.165, 1.54) is 0 Å². The largest absolute Gasteiger partial charge is 2.00 e. The first-order chi connectivity index (χ1) is 2.00. The maximum Gasteiger partial charge on any atom is 2.00 e. The molecular formula is Ca2O5S. The topological polar surface area (TPSA) is 109 Å². The van der Waals surface area contributed by atoms with Gasteiger partial charge in [0.1, 0.15) is 0 Å². The summed E-state index contributed by atoms with van der Waals surface area (Å²) in [5.74, 6) is 0. The van der Waals surface area contributed by atoms with Gasteiger partial charge in [-0.1, -0.05) is 0 Å². The Morgan fingerprint density at radius 3 is 1.00 bits per heavy atom. The van der Waals surface area contributed by atoms with E-state index in [1.54, 1.807) is 0 Å². The van der Waals surface area contributed by atoms with Crippen molar-refractivity contribution in [1.82, 2.24) is 0 Å². The Hall–Kier alpha value is 2.35. The van der Waals surface area contributed by atoms with Crippen LogP contribution in [0.1, 0.15) is 0 Å². The molecule has 0 aliphatic rings. The van der Waals surface area contributed by atoms with Gasteiger partial charge in [0.25, 0.3) is 0 Å². The Morgan fingerprint density at radius 2 is 1.00 bits per heavy atom. The Balaban J connectivity index is -0.0000000267. The third-order valence-corrected chi connectivity index (χ3v) is 0. The molecule has 0 fully saturated rings. The van der Waals surface area contributed by atoms with Gasteiger partial charge in [0.05, 0.1) is 0 Å². The summed E-state index contributed by atoms with van der Waals surface area (Å²) in [5.41, 5.74) is 0. The molecular weight excluding hydrogens is 192 g/mol. The van der Waals surface area contributed by atoms with E-state index < -0.39 is 10.4 Å². The van der Waals surface area contributed by atoms with Crippen LogP contribution in [0.3, 0.4) is 0 Å². The SMILES string of the molecule is O=S(=O)([O-])[O-].[Ca+2].[Ca+2].[O-2]. The van der Waals surface area contributed by atoms with E-state index >= 15 is 0 Å². The zero-order valence-electron chi connectivity index (χ0n) is 3.86. The monoisotopic (exact) mass is 192 g/mol. The van der Waals surface area contributed by atoms with Gasteiger partial charge in [-0.15, -0.1) is 0 Å². The smallest absolute Gasteiger partial charge is 2.00 e. The van der Waals surface area contributed by atoms with Crippen LogP contribution < -0.4 is 0 Å². The second-order valence-electron chi connectivity index (χ2n) is 0.408. The van der Waals surface area contributed by atoms with Crippen LogP contribution in [-0.2, 0) is 15.9 Å². The van der Waals surface area contributed by atoms with Crippen molar-refractivity contribution in [1.29, 1.82) is 0 Å². The van der Waals surface area contributed by atoms with Crippen LogP contribution in [0.15, 0.2) is 0 Å². The third kappa shape index (κ3) is 81.7. The molecule has 0 aromatic heterocycles. The van der Waals surface area contributed by atoms with Crippen molar-refractivity contribution < 1.29 is 23.0 Å². The van der Waals surface area contributed by atoms with Gasteiger partial charge in [0.15, 0.2) is 0 Å². The fourth-order valence-electron chi connectivity index (χ4n) is 0. The van der Waals surface area contributed by atoms with Crippen LogP contribution in [0.4, 0.5) is 0 Å². The maximum absolute atomic E-state index is 8.52. The molecule has 8 heavy (non-hydrogen) atoms. The summed E-state index contributed by atoms with van der Waals surface area (Å²) >= 11 is 0. The summed E-state index contributed by atoms with van der Waals surface area (Å²) in [4.78, 5) is 0. The van der Waals surface area contributed by atoms with Crippen LogP contribution >= 0.6 is 0 Å².